The fourth-order valence-electron chi connectivity index (χ4n) is 4.07. The number of rotatable bonds is 2. The zero-order chi connectivity index (χ0) is 17.6. The van der Waals surface area contributed by atoms with Gasteiger partial charge in [0.2, 0.25) is 0 Å². The number of carbonyl (C=O) groups excluding carboxylic acids is 2. The SMILES string of the molecule is CC1COC(=O)N1C1CCN(C(=O)c2cn(C)c3ccccc23)CC1. The molecular formula is C19H23N3O3. The molecule has 0 spiro atoms. The summed E-state index contributed by atoms with van der Waals surface area (Å²) in [5.41, 5.74) is 1.82. The van der Waals surface area contributed by atoms with Gasteiger partial charge in [-0.3, -0.25) is 9.69 Å². The number of piperidine rings is 1. The average molecular weight is 341 g/mol. The number of ether oxygens (including phenoxy) is 1. The van der Waals surface area contributed by atoms with Crippen LogP contribution in [0.5, 0.6) is 0 Å². The van der Waals surface area contributed by atoms with Crippen LogP contribution in [-0.2, 0) is 11.8 Å². The van der Waals surface area contributed by atoms with Gasteiger partial charge in [-0.1, -0.05) is 18.2 Å². The van der Waals surface area contributed by atoms with E-state index >= 15 is 0 Å². The summed E-state index contributed by atoms with van der Waals surface area (Å²) in [5, 5.41) is 0.994. The Balaban J connectivity index is 1.49. The molecular weight excluding hydrogens is 318 g/mol. The Morgan fingerprint density at radius 3 is 2.60 bits per heavy atom. The molecule has 1 unspecified atom stereocenters. The van der Waals surface area contributed by atoms with Crippen molar-refractivity contribution in [1.82, 2.24) is 14.4 Å². The molecule has 2 aliphatic heterocycles. The number of para-hydroxylation sites is 1. The highest BCUT2D eigenvalue weighted by atomic mass is 16.6. The molecule has 6 heteroatoms. The fourth-order valence-corrected chi connectivity index (χ4v) is 4.07. The first-order valence-corrected chi connectivity index (χ1v) is 8.84. The second kappa shape index (κ2) is 6.10. The van der Waals surface area contributed by atoms with Crippen molar-refractivity contribution >= 4 is 22.9 Å². The Hall–Kier alpha value is -2.50. The number of fused-ring (bicyclic) bond motifs is 1. The molecule has 6 nitrogen and oxygen atoms in total. The minimum atomic E-state index is -0.216. The van der Waals surface area contributed by atoms with Gasteiger partial charge in [0.1, 0.15) is 6.61 Å². The van der Waals surface area contributed by atoms with Crippen molar-refractivity contribution < 1.29 is 14.3 Å². The number of benzene rings is 1. The Morgan fingerprint density at radius 2 is 1.92 bits per heavy atom. The molecule has 0 aliphatic carbocycles. The van der Waals surface area contributed by atoms with E-state index in [1.54, 1.807) is 0 Å². The third-order valence-electron chi connectivity index (χ3n) is 5.41. The summed E-state index contributed by atoms with van der Waals surface area (Å²) in [4.78, 5) is 28.6. The predicted octanol–water partition coefficient (Wildman–Crippen LogP) is 2.62. The molecule has 2 aromatic rings. The highest BCUT2D eigenvalue weighted by molar-refractivity contribution is 6.07. The summed E-state index contributed by atoms with van der Waals surface area (Å²) >= 11 is 0. The smallest absolute Gasteiger partial charge is 0.410 e. The van der Waals surface area contributed by atoms with E-state index in [2.05, 4.69) is 0 Å². The lowest BCUT2D eigenvalue weighted by atomic mass is 10.0. The van der Waals surface area contributed by atoms with Crippen molar-refractivity contribution in [3.63, 3.8) is 0 Å². The molecule has 0 bridgehead atoms. The minimum Gasteiger partial charge on any atom is -0.447 e. The molecule has 25 heavy (non-hydrogen) atoms. The number of hydrogen-bond donors (Lipinski definition) is 0. The second-order valence-electron chi connectivity index (χ2n) is 7.03. The van der Waals surface area contributed by atoms with Gasteiger partial charge in [-0.15, -0.1) is 0 Å². The maximum absolute atomic E-state index is 13.0. The van der Waals surface area contributed by atoms with Crippen LogP contribution in [0.2, 0.25) is 0 Å². The van der Waals surface area contributed by atoms with E-state index in [0.29, 0.717) is 19.7 Å². The minimum absolute atomic E-state index is 0.0762. The first kappa shape index (κ1) is 16.0. The second-order valence-corrected chi connectivity index (χ2v) is 7.03. The van der Waals surface area contributed by atoms with E-state index in [-0.39, 0.29) is 24.1 Å². The number of amides is 2. The first-order chi connectivity index (χ1) is 12.1. The van der Waals surface area contributed by atoms with Crippen molar-refractivity contribution in [3.05, 3.63) is 36.0 Å². The summed E-state index contributed by atoms with van der Waals surface area (Å²) < 4.78 is 7.13. The summed E-state index contributed by atoms with van der Waals surface area (Å²) in [6.07, 6.45) is 3.30. The summed E-state index contributed by atoms with van der Waals surface area (Å²) in [5.74, 6) is 0.0762. The Kier molecular flexibility index (Phi) is 3.90. The van der Waals surface area contributed by atoms with E-state index in [1.807, 2.05) is 58.8 Å². The molecule has 4 rings (SSSR count). The zero-order valence-corrected chi connectivity index (χ0v) is 14.6. The van der Waals surface area contributed by atoms with Crippen LogP contribution in [0.3, 0.4) is 0 Å². The van der Waals surface area contributed by atoms with Crippen LogP contribution in [0.15, 0.2) is 30.5 Å². The van der Waals surface area contributed by atoms with Gasteiger partial charge in [0.25, 0.3) is 5.91 Å². The Bertz CT molecular complexity index is 820. The van der Waals surface area contributed by atoms with E-state index in [9.17, 15) is 9.59 Å². The van der Waals surface area contributed by atoms with Gasteiger partial charge in [0.15, 0.2) is 0 Å². The largest absolute Gasteiger partial charge is 0.447 e. The zero-order valence-electron chi connectivity index (χ0n) is 14.6. The lowest BCUT2D eigenvalue weighted by Crippen LogP contribution is -2.49. The average Bonchev–Trinajstić information content (AvgIpc) is 3.14. The van der Waals surface area contributed by atoms with Crippen LogP contribution in [-0.4, -0.2) is 58.1 Å². The molecule has 1 aromatic carbocycles. The topological polar surface area (TPSA) is 54.8 Å². The number of nitrogens with zero attached hydrogens (tertiary/aromatic N) is 3. The maximum Gasteiger partial charge on any atom is 0.410 e. The highest BCUT2D eigenvalue weighted by Crippen LogP contribution is 2.26. The van der Waals surface area contributed by atoms with Crippen molar-refractivity contribution in [2.75, 3.05) is 19.7 Å². The third kappa shape index (κ3) is 2.65. The summed E-state index contributed by atoms with van der Waals surface area (Å²) in [7, 11) is 1.96. The summed E-state index contributed by atoms with van der Waals surface area (Å²) in [6, 6.07) is 8.26. The predicted molar refractivity (Wildman–Crippen MR) is 94.5 cm³/mol. The Morgan fingerprint density at radius 1 is 1.20 bits per heavy atom. The maximum atomic E-state index is 13.0. The van der Waals surface area contributed by atoms with Crippen LogP contribution in [0.25, 0.3) is 10.9 Å². The molecule has 2 saturated heterocycles. The van der Waals surface area contributed by atoms with Crippen LogP contribution in [0, 0.1) is 0 Å². The van der Waals surface area contributed by atoms with Gasteiger partial charge in [0, 0.05) is 43.3 Å². The number of aryl methyl sites for hydroxylation is 1. The van der Waals surface area contributed by atoms with Crippen molar-refractivity contribution in [1.29, 1.82) is 0 Å². The number of hydrogen-bond acceptors (Lipinski definition) is 3. The van der Waals surface area contributed by atoms with E-state index in [0.717, 1.165) is 29.3 Å². The monoisotopic (exact) mass is 341 g/mol. The molecule has 2 amide bonds. The number of aromatic nitrogens is 1. The van der Waals surface area contributed by atoms with Crippen LogP contribution in [0.4, 0.5) is 4.79 Å². The van der Waals surface area contributed by atoms with Crippen LogP contribution < -0.4 is 0 Å². The molecule has 0 radical (unpaired) electrons. The normalized spacial score (nSPS) is 21.8. The molecule has 3 heterocycles. The fraction of sp³-hybridized carbons (Fsp3) is 0.474. The molecule has 1 aromatic heterocycles. The van der Waals surface area contributed by atoms with Crippen molar-refractivity contribution in [2.45, 2.75) is 31.8 Å². The lowest BCUT2D eigenvalue weighted by molar-refractivity contribution is 0.0643. The molecule has 2 aliphatic rings. The van der Waals surface area contributed by atoms with Gasteiger partial charge in [-0.05, 0) is 25.8 Å². The third-order valence-corrected chi connectivity index (χ3v) is 5.41. The number of likely N-dealkylation sites (tertiary alicyclic amines) is 1. The van der Waals surface area contributed by atoms with Crippen molar-refractivity contribution in [2.24, 2.45) is 7.05 Å². The standard InChI is InChI=1S/C19H23N3O3/c1-13-12-25-19(24)22(13)14-7-9-21(10-8-14)18(23)16-11-20(2)17-6-4-3-5-15(16)17/h3-6,11,13-14H,7-10,12H2,1-2H3. The van der Waals surface area contributed by atoms with Gasteiger partial charge in [-0.2, -0.15) is 0 Å². The van der Waals surface area contributed by atoms with Crippen LogP contribution >= 0.6 is 0 Å². The van der Waals surface area contributed by atoms with Gasteiger partial charge in [0.05, 0.1) is 11.6 Å². The first-order valence-electron chi connectivity index (χ1n) is 8.84. The summed E-state index contributed by atoms with van der Waals surface area (Å²) in [6.45, 7) is 3.82. The van der Waals surface area contributed by atoms with Crippen molar-refractivity contribution in [3.8, 4) is 0 Å². The quantitative estimate of drug-likeness (QED) is 0.844. The number of carbonyl (C=O) groups is 2. The molecule has 0 saturated carbocycles. The van der Waals surface area contributed by atoms with E-state index < -0.39 is 0 Å². The van der Waals surface area contributed by atoms with Gasteiger partial charge in [-0.25, -0.2) is 4.79 Å². The lowest BCUT2D eigenvalue weighted by Gasteiger charge is -2.37. The van der Waals surface area contributed by atoms with E-state index in [1.165, 1.54) is 0 Å². The molecule has 0 N–H and O–H groups in total. The van der Waals surface area contributed by atoms with Crippen LogP contribution in [0.1, 0.15) is 30.1 Å². The molecule has 2 fully saturated rings. The molecule has 1 atom stereocenters. The Labute approximate surface area is 146 Å². The highest BCUT2D eigenvalue weighted by Gasteiger charge is 2.37. The van der Waals surface area contributed by atoms with Gasteiger partial charge >= 0.3 is 6.09 Å². The van der Waals surface area contributed by atoms with E-state index in [4.69, 9.17) is 4.74 Å². The molecule has 132 valence electrons. The van der Waals surface area contributed by atoms with Gasteiger partial charge < -0.3 is 14.2 Å². The number of cyclic esters (lactones) is 1.